The summed E-state index contributed by atoms with van der Waals surface area (Å²) in [6, 6.07) is 25.3. The molecule has 3 saturated heterocycles. The second-order valence-corrected chi connectivity index (χ2v) is 20.8. The van der Waals surface area contributed by atoms with E-state index in [1.807, 2.05) is 43.7 Å². The molecule has 3 N–H and O–H groups in total. The number of fused-ring (bicyclic) bond motifs is 1. The number of anilines is 6. The van der Waals surface area contributed by atoms with Crippen LogP contribution in [0, 0.1) is 5.92 Å². The zero-order valence-electron chi connectivity index (χ0n) is 38.9. The van der Waals surface area contributed by atoms with E-state index in [0.29, 0.717) is 39.7 Å². The lowest BCUT2D eigenvalue weighted by atomic mass is 10.0. The van der Waals surface area contributed by atoms with E-state index < -0.39 is 37.6 Å². The Morgan fingerprint density at radius 2 is 1.59 bits per heavy atom. The van der Waals surface area contributed by atoms with Gasteiger partial charge >= 0.3 is 0 Å². The van der Waals surface area contributed by atoms with Crippen LogP contribution in [0.1, 0.15) is 40.0 Å². The molecule has 0 radical (unpaired) electrons. The molecule has 4 aliphatic heterocycles. The number of hydrogen-bond donors (Lipinski definition) is 3. The summed E-state index contributed by atoms with van der Waals surface area (Å²) in [4.78, 5) is 68.7. The molecule has 69 heavy (non-hydrogen) atoms. The molecule has 3 fully saturated rings. The highest BCUT2D eigenvalue weighted by atomic mass is 35.5. The van der Waals surface area contributed by atoms with Crippen molar-refractivity contribution in [1.29, 1.82) is 0 Å². The molecule has 4 aromatic carbocycles. The van der Waals surface area contributed by atoms with Crippen molar-refractivity contribution < 1.29 is 23.9 Å². The van der Waals surface area contributed by atoms with E-state index in [1.54, 1.807) is 30.1 Å². The third-order valence-corrected chi connectivity index (χ3v) is 15.1. The molecule has 0 spiro atoms. The number of aromatic nitrogens is 4. The van der Waals surface area contributed by atoms with Crippen LogP contribution in [0.2, 0.25) is 5.02 Å². The van der Waals surface area contributed by atoms with Crippen LogP contribution in [0.5, 0.6) is 5.75 Å². The number of hydrogen-bond acceptors (Lipinski definition) is 13. The van der Waals surface area contributed by atoms with E-state index in [-0.39, 0.29) is 18.4 Å². The molecule has 4 aliphatic rings. The highest BCUT2D eigenvalue weighted by Gasteiger charge is 2.45. The standard InChI is InChI=1S/C51H53ClN11O5P/c1-59-30-34(26-54-59)37-24-41(56-51-53-27-39(52)47(58-51)55-40-13-10-33(22-45(40)69(3)4)32-8-6-5-7-9-32)44(68-2)25-43(37)61-20-18-60(19-21-61)28-31-16-17-62(29-31)35-11-12-36-38(23-35)50(67)63(49(36)66)42-14-15-46(64)57-48(42)65/h5-13,22-27,30-31,42H,14-21,28-29H2,1-4H3,(H,57,64,65)(H2,53,55,56,58). The SMILES string of the molecule is COc1cc(N2CCN(CC3CCN(c4ccc5c(c4)C(=O)N(C4CCC(=O)NC4=O)C5=O)C3)CC2)c(-c2cnn(C)c2)cc1Nc1ncc(Cl)c(Nc2ccc(-c3ccccc3)cc2P(C)C)n1. The maximum absolute atomic E-state index is 13.5. The summed E-state index contributed by atoms with van der Waals surface area (Å²) in [7, 11) is 3.11. The first-order chi connectivity index (χ1) is 33.4. The van der Waals surface area contributed by atoms with Crippen LogP contribution in [0.4, 0.5) is 34.5 Å². The third-order valence-electron chi connectivity index (χ3n) is 13.5. The minimum Gasteiger partial charge on any atom is -0.494 e. The number of piperidine rings is 1. The van der Waals surface area contributed by atoms with Crippen LogP contribution >= 0.6 is 19.5 Å². The Balaban J connectivity index is 0.810. The number of aryl methyl sites for hydroxylation is 1. The van der Waals surface area contributed by atoms with Crippen molar-refractivity contribution >= 4 is 83.0 Å². The first-order valence-electron chi connectivity index (χ1n) is 23.1. The average Bonchev–Trinajstić information content (AvgIpc) is 4.08. The topological polar surface area (TPSA) is 170 Å². The van der Waals surface area contributed by atoms with Crippen molar-refractivity contribution in [3.8, 4) is 28.0 Å². The molecule has 6 aromatic rings. The number of nitrogens with zero attached hydrogens (tertiary/aromatic N) is 8. The second-order valence-electron chi connectivity index (χ2n) is 18.2. The van der Waals surface area contributed by atoms with E-state index in [9.17, 15) is 19.2 Å². The second kappa shape index (κ2) is 19.3. The Kier molecular flexibility index (Phi) is 12.8. The number of carbonyl (C=O) groups excluding carboxylic acids is 4. The lowest BCUT2D eigenvalue weighted by molar-refractivity contribution is -0.136. The zero-order valence-corrected chi connectivity index (χ0v) is 40.6. The van der Waals surface area contributed by atoms with E-state index in [4.69, 9.17) is 21.3 Å². The van der Waals surface area contributed by atoms with Crippen LogP contribution in [0.3, 0.4) is 0 Å². The van der Waals surface area contributed by atoms with Gasteiger partial charge < -0.3 is 25.2 Å². The molecule has 16 nitrogen and oxygen atoms in total. The Morgan fingerprint density at radius 1 is 0.797 bits per heavy atom. The van der Waals surface area contributed by atoms with Gasteiger partial charge in [0, 0.05) is 99.7 Å². The van der Waals surface area contributed by atoms with Crippen LogP contribution < -0.4 is 35.8 Å². The van der Waals surface area contributed by atoms with Crippen LogP contribution in [-0.4, -0.2) is 125 Å². The summed E-state index contributed by atoms with van der Waals surface area (Å²) < 4.78 is 7.83. The normalized spacial score (nSPS) is 18.6. The molecule has 0 saturated carbocycles. The van der Waals surface area contributed by atoms with E-state index in [0.717, 1.165) is 96.4 Å². The maximum atomic E-state index is 13.5. The Labute approximate surface area is 406 Å². The highest BCUT2D eigenvalue weighted by Crippen LogP contribution is 2.42. The van der Waals surface area contributed by atoms with Gasteiger partial charge in [-0.05, 0) is 84.9 Å². The molecule has 2 atom stereocenters. The fourth-order valence-corrected chi connectivity index (χ4v) is 11.0. The molecule has 18 heteroatoms. The van der Waals surface area contributed by atoms with Gasteiger partial charge in [-0.3, -0.25) is 39.0 Å². The summed E-state index contributed by atoms with van der Waals surface area (Å²) >= 11 is 6.73. The van der Waals surface area contributed by atoms with Gasteiger partial charge in [-0.1, -0.05) is 55.9 Å². The lowest BCUT2D eigenvalue weighted by Crippen LogP contribution is -2.54. The summed E-state index contributed by atoms with van der Waals surface area (Å²) in [5.41, 5.74) is 8.43. The number of nitrogens with one attached hydrogen (secondary N) is 3. The molecule has 2 aromatic heterocycles. The molecule has 354 valence electrons. The number of imide groups is 2. The van der Waals surface area contributed by atoms with Gasteiger partial charge in [0.25, 0.3) is 11.8 Å². The molecular weight excluding hydrogens is 913 g/mol. The van der Waals surface area contributed by atoms with E-state index in [2.05, 4.69) is 96.5 Å². The van der Waals surface area contributed by atoms with Crippen molar-refractivity contribution in [3.63, 3.8) is 0 Å². The number of rotatable bonds is 13. The van der Waals surface area contributed by atoms with Crippen molar-refractivity contribution in [2.45, 2.75) is 25.3 Å². The predicted octanol–water partition coefficient (Wildman–Crippen LogP) is 7.11. The van der Waals surface area contributed by atoms with E-state index >= 15 is 0 Å². The Hall–Kier alpha value is -6.87. The molecule has 0 aliphatic carbocycles. The number of ether oxygens (including phenoxy) is 1. The smallest absolute Gasteiger partial charge is 0.262 e. The summed E-state index contributed by atoms with van der Waals surface area (Å²) in [5, 5.41) is 15.3. The molecule has 10 rings (SSSR count). The van der Waals surface area contributed by atoms with Gasteiger partial charge in [-0.2, -0.15) is 10.1 Å². The number of benzene rings is 4. The Bertz CT molecular complexity index is 2980. The van der Waals surface area contributed by atoms with Crippen LogP contribution in [0.15, 0.2) is 97.5 Å². The molecular formula is C51H53ClN11O5P. The largest absolute Gasteiger partial charge is 0.494 e. The highest BCUT2D eigenvalue weighted by molar-refractivity contribution is 7.64. The quantitative estimate of drug-likeness (QED) is 0.0792. The minimum atomic E-state index is -0.988. The molecule has 2 unspecified atom stereocenters. The van der Waals surface area contributed by atoms with Gasteiger partial charge in [0.15, 0.2) is 5.82 Å². The van der Waals surface area contributed by atoms with Gasteiger partial charge in [0.05, 0.1) is 36.3 Å². The molecule has 4 amide bonds. The fourth-order valence-electron chi connectivity index (χ4n) is 9.88. The number of carbonyl (C=O) groups is 4. The van der Waals surface area contributed by atoms with Crippen molar-refractivity contribution in [3.05, 3.63) is 114 Å². The molecule has 0 bridgehead atoms. The number of methoxy groups -OCH3 is 1. The van der Waals surface area contributed by atoms with Gasteiger partial charge in [-0.15, -0.1) is 0 Å². The predicted molar refractivity (Wildman–Crippen MR) is 271 cm³/mol. The number of amides is 4. The van der Waals surface area contributed by atoms with Gasteiger partial charge in [0.1, 0.15) is 16.8 Å². The van der Waals surface area contributed by atoms with Gasteiger partial charge in [0.2, 0.25) is 17.8 Å². The monoisotopic (exact) mass is 965 g/mol. The molecule has 6 heterocycles. The van der Waals surface area contributed by atoms with Crippen LogP contribution in [0.25, 0.3) is 22.3 Å². The van der Waals surface area contributed by atoms with Crippen molar-refractivity contribution in [2.24, 2.45) is 13.0 Å². The van der Waals surface area contributed by atoms with Crippen molar-refractivity contribution in [2.75, 3.05) is 86.7 Å². The summed E-state index contributed by atoms with van der Waals surface area (Å²) in [6.45, 7) is 10.4. The average molecular weight is 966 g/mol. The van der Waals surface area contributed by atoms with Gasteiger partial charge in [-0.25, -0.2) is 4.98 Å². The minimum absolute atomic E-state index is 0.0836. The van der Waals surface area contributed by atoms with Crippen LogP contribution in [-0.2, 0) is 16.6 Å². The van der Waals surface area contributed by atoms with Crippen molar-refractivity contribution in [1.82, 2.24) is 34.9 Å². The fraction of sp³-hybridized carbons (Fsp3) is 0.314. The first-order valence-corrected chi connectivity index (χ1v) is 25.7. The number of halogens is 1. The lowest BCUT2D eigenvalue weighted by Gasteiger charge is -2.38. The zero-order chi connectivity index (χ0) is 47.9. The number of piperazine rings is 1. The summed E-state index contributed by atoms with van der Waals surface area (Å²) in [6.07, 6.45) is 6.69. The third kappa shape index (κ3) is 9.36. The first kappa shape index (κ1) is 45.9. The maximum Gasteiger partial charge on any atom is 0.262 e. The Morgan fingerprint density at radius 3 is 2.33 bits per heavy atom. The summed E-state index contributed by atoms with van der Waals surface area (Å²) in [5.74, 6) is -0.0840. The van der Waals surface area contributed by atoms with E-state index in [1.165, 1.54) is 5.30 Å².